The zero-order valence-corrected chi connectivity index (χ0v) is 19.2. The van der Waals surface area contributed by atoms with E-state index in [-0.39, 0.29) is 0 Å². The van der Waals surface area contributed by atoms with Crippen LogP contribution in [0.1, 0.15) is 37.8 Å². The molecule has 0 saturated heterocycles. The Morgan fingerprint density at radius 1 is 0.567 bits per heavy atom. The SMILES string of the molecule is CCCc1c(CCC)c2cc(-c3ccccc3)sc2c2sc(-c3ccccc3)cc12. The van der Waals surface area contributed by atoms with Crippen LogP contribution in [-0.2, 0) is 12.8 Å². The van der Waals surface area contributed by atoms with Crippen LogP contribution in [0.15, 0.2) is 72.8 Å². The van der Waals surface area contributed by atoms with Gasteiger partial charge in [0.15, 0.2) is 0 Å². The summed E-state index contributed by atoms with van der Waals surface area (Å²) in [5, 5.41) is 2.97. The zero-order valence-electron chi connectivity index (χ0n) is 17.6. The van der Waals surface area contributed by atoms with E-state index < -0.39 is 0 Å². The van der Waals surface area contributed by atoms with Crippen LogP contribution in [0.25, 0.3) is 41.1 Å². The van der Waals surface area contributed by atoms with Crippen molar-refractivity contribution >= 4 is 42.8 Å². The van der Waals surface area contributed by atoms with Crippen molar-refractivity contribution in [3.8, 4) is 20.9 Å². The van der Waals surface area contributed by atoms with Crippen molar-refractivity contribution in [2.45, 2.75) is 39.5 Å². The van der Waals surface area contributed by atoms with Crippen molar-refractivity contribution in [3.05, 3.63) is 83.9 Å². The maximum atomic E-state index is 2.46. The fraction of sp³-hybridized carbons (Fsp3) is 0.214. The summed E-state index contributed by atoms with van der Waals surface area (Å²) in [5.41, 5.74) is 5.81. The molecule has 2 heteroatoms. The van der Waals surface area contributed by atoms with Crippen LogP contribution in [0.4, 0.5) is 0 Å². The molecule has 0 aliphatic rings. The maximum absolute atomic E-state index is 2.46. The second-order valence-corrected chi connectivity index (χ2v) is 10.0. The Morgan fingerprint density at radius 3 is 1.33 bits per heavy atom. The summed E-state index contributed by atoms with van der Waals surface area (Å²) in [6, 6.07) is 26.6. The molecule has 0 bridgehead atoms. The Kier molecular flexibility index (Phi) is 5.45. The molecule has 0 atom stereocenters. The van der Waals surface area contributed by atoms with Gasteiger partial charge in [0.1, 0.15) is 0 Å². The van der Waals surface area contributed by atoms with Crippen molar-refractivity contribution in [1.82, 2.24) is 0 Å². The molecule has 3 aromatic carbocycles. The van der Waals surface area contributed by atoms with E-state index >= 15 is 0 Å². The van der Waals surface area contributed by atoms with Gasteiger partial charge in [0.05, 0.1) is 9.40 Å². The Hall–Kier alpha value is -2.42. The predicted molar refractivity (Wildman–Crippen MR) is 136 cm³/mol. The highest BCUT2D eigenvalue weighted by Gasteiger charge is 2.19. The fourth-order valence-electron chi connectivity index (χ4n) is 4.45. The minimum absolute atomic E-state index is 1.16. The van der Waals surface area contributed by atoms with Crippen molar-refractivity contribution in [1.29, 1.82) is 0 Å². The molecule has 0 aliphatic carbocycles. The molecule has 150 valence electrons. The number of fused-ring (bicyclic) bond motifs is 3. The molecule has 5 rings (SSSR count). The van der Waals surface area contributed by atoms with Gasteiger partial charge in [-0.2, -0.15) is 0 Å². The van der Waals surface area contributed by atoms with Crippen molar-refractivity contribution in [3.63, 3.8) is 0 Å². The quantitative estimate of drug-likeness (QED) is 0.254. The van der Waals surface area contributed by atoms with Crippen molar-refractivity contribution in [2.24, 2.45) is 0 Å². The van der Waals surface area contributed by atoms with E-state index in [0.717, 1.165) is 12.8 Å². The molecule has 5 aromatic rings. The topological polar surface area (TPSA) is 0 Å². The van der Waals surface area contributed by atoms with Gasteiger partial charge in [-0.05, 0) is 58.0 Å². The van der Waals surface area contributed by atoms with Crippen LogP contribution in [0.5, 0.6) is 0 Å². The molecule has 0 radical (unpaired) electrons. The summed E-state index contributed by atoms with van der Waals surface area (Å²) in [4.78, 5) is 2.76. The van der Waals surface area contributed by atoms with E-state index in [4.69, 9.17) is 0 Å². The molecule has 0 unspecified atom stereocenters. The van der Waals surface area contributed by atoms with Gasteiger partial charge in [0.2, 0.25) is 0 Å². The van der Waals surface area contributed by atoms with Gasteiger partial charge in [-0.3, -0.25) is 0 Å². The van der Waals surface area contributed by atoms with E-state index in [0.29, 0.717) is 0 Å². The molecule has 30 heavy (non-hydrogen) atoms. The second-order valence-electron chi connectivity index (χ2n) is 7.90. The van der Waals surface area contributed by atoms with Crippen LogP contribution in [-0.4, -0.2) is 0 Å². The highest BCUT2D eigenvalue weighted by molar-refractivity contribution is 7.30. The Morgan fingerprint density at radius 2 is 0.967 bits per heavy atom. The van der Waals surface area contributed by atoms with E-state index in [1.54, 1.807) is 11.1 Å². The minimum Gasteiger partial charge on any atom is -0.134 e. The van der Waals surface area contributed by atoms with Gasteiger partial charge in [0, 0.05) is 9.75 Å². The predicted octanol–water partition coefficient (Wildman–Crippen LogP) is 9.35. The Bertz CT molecular complexity index is 1190. The number of hydrogen-bond acceptors (Lipinski definition) is 2. The van der Waals surface area contributed by atoms with Gasteiger partial charge in [-0.25, -0.2) is 0 Å². The average molecular weight is 427 g/mol. The van der Waals surface area contributed by atoms with Gasteiger partial charge in [0.25, 0.3) is 0 Å². The largest absolute Gasteiger partial charge is 0.134 e. The molecular formula is C28H26S2. The lowest BCUT2D eigenvalue weighted by atomic mass is 9.93. The summed E-state index contributed by atoms with van der Waals surface area (Å²) >= 11 is 3.93. The molecule has 0 aliphatic heterocycles. The number of thiophene rings is 2. The molecule has 0 amide bonds. The third-order valence-electron chi connectivity index (χ3n) is 5.80. The van der Waals surface area contributed by atoms with Crippen LogP contribution in [0, 0.1) is 0 Å². The first-order valence-electron chi connectivity index (χ1n) is 10.9. The molecule has 0 N–H and O–H groups in total. The normalized spacial score (nSPS) is 11.5. The summed E-state index contributed by atoms with van der Waals surface area (Å²) < 4.78 is 2.94. The molecular weight excluding hydrogens is 400 g/mol. The standard InChI is InChI=1S/C28H26S2/c1-3-11-21-22(12-4-2)24-18-26(20-15-9-6-10-16-20)30-28(24)27-23(21)17-25(29-27)19-13-7-5-8-14-19/h5-10,13-18H,3-4,11-12H2,1-2H3. The second kappa shape index (κ2) is 8.37. The van der Waals surface area contributed by atoms with Crippen molar-refractivity contribution in [2.75, 3.05) is 0 Å². The van der Waals surface area contributed by atoms with Crippen LogP contribution >= 0.6 is 22.7 Å². The van der Waals surface area contributed by atoms with Gasteiger partial charge in [-0.1, -0.05) is 87.4 Å². The number of aryl methyl sites for hydroxylation is 2. The molecule has 2 heterocycles. The van der Waals surface area contributed by atoms with Gasteiger partial charge in [-0.15, -0.1) is 22.7 Å². The first kappa shape index (κ1) is 19.5. The molecule has 2 aromatic heterocycles. The first-order valence-corrected chi connectivity index (χ1v) is 12.5. The van der Waals surface area contributed by atoms with Crippen LogP contribution in [0.3, 0.4) is 0 Å². The monoisotopic (exact) mass is 426 g/mol. The number of hydrogen-bond donors (Lipinski definition) is 0. The van der Waals surface area contributed by atoms with Gasteiger partial charge < -0.3 is 0 Å². The molecule has 0 saturated carbocycles. The molecule has 0 nitrogen and oxygen atoms in total. The molecule has 0 spiro atoms. The third kappa shape index (κ3) is 3.38. The maximum Gasteiger partial charge on any atom is 0.0530 e. The van der Waals surface area contributed by atoms with E-state index in [2.05, 4.69) is 86.6 Å². The Balaban J connectivity index is 1.83. The summed E-state index contributed by atoms with van der Waals surface area (Å²) in [6.07, 6.45) is 4.68. The highest BCUT2D eigenvalue weighted by atomic mass is 32.1. The first-order chi connectivity index (χ1) is 14.8. The highest BCUT2D eigenvalue weighted by Crippen LogP contribution is 2.47. The summed E-state index contributed by atoms with van der Waals surface area (Å²) in [6.45, 7) is 4.61. The Labute approximate surface area is 186 Å². The number of rotatable bonds is 6. The third-order valence-corrected chi connectivity index (χ3v) is 8.33. The lowest BCUT2D eigenvalue weighted by Gasteiger charge is -2.12. The summed E-state index contributed by atoms with van der Waals surface area (Å²) in [5.74, 6) is 0. The summed E-state index contributed by atoms with van der Waals surface area (Å²) in [7, 11) is 0. The van der Waals surface area contributed by atoms with Crippen LogP contribution in [0.2, 0.25) is 0 Å². The van der Waals surface area contributed by atoms with E-state index in [1.165, 1.54) is 53.9 Å². The fourth-order valence-corrected chi connectivity index (χ4v) is 6.99. The lowest BCUT2D eigenvalue weighted by Crippen LogP contribution is -1.95. The molecule has 0 fully saturated rings. The zero-order chi connectivity index (χ0) is 20.5. The van der Waals surface area contributed by atoms with Crippen LogP contribution < -0.4 is 0 Å². The van der Waals surface area contributed by atoms with E-state index in [9.17, 15) is 0 Å². The van der Waals surface area contributed by atoms with Crippen molar-refractivity contribution < 1.29 is 0 Å². The minimum atomic E-state index is 1.16. The number of benzene rings is 3. The smallest absolute Gasteiger partial charge is 0.0530 e. The van der Waals surface area contributed by atoms with Gasteiger partial charge >= 0.3 is 0 Å². The van der Waals surface area contributed by atoms with E-state index in [1.807, 2.05) is 22.7 Å². The lowest BCUT2D eigenvalue weighted by molar-refractivity contribution is 0.875. The average Bonchev–Trinajstić information content (AvgIpc) is 3.42.